The molecule has 0 aliphatic carbocycles. The molecule has 0 amide bonds. The van der Waals surface area contributed by atoms with Gasteiger partial charge in [-0.05, 0) is 79.6 Å². The topological polar surface area (TPSA) is 15.6 Å². The first-order valence-corrected chi connectivity index (χ1v) is 9.72. The summed E-state index contributed by atoms with van der Waals surface area (Å²) in [5.74, 6) is 0. The molecule has 1 heterocycles. The van der Waals surface area contributed by atoms with Crippen LogP contribution in [-0.4, -0.2) is 18.8 Å². The number of anilines is 1. The van der Waals surface area contributed by atoms with Crippen LogP contribution in [0.4, 0.5) is 11.4 Å². The Hall–Kier alpha value is -2.35. The van der Waals surface area contributed by atoms with Crippen molar-refractivity contribution in [2.45, 2.75) is 59.4 Å². The zero-order valence-electron chi connectivity index (χ0n) is 18.0. The zero-order chi connectivity index (χ0) is 20.0. The minimum atomic E-state index is 0.0356. The number of rotatable bonds is 2. The second kappa shape index (κ2) is 6.67. The maximum Gasteiger partial charge on any atom is 0.0630 e. The number of hydrogen-bond acceptors (Lipinski definition) is 2. The van der Waals surface area contributed by atoms with Crippen LogP contribution in [0.1, 0.15) is 63.8 Å². The molecule has 3 rings (SSSR count). The van der Waals surface area contributed by atoms with Crippen LogP contribution in [0, 0.1) is 6.92 Å². The summed E-state index contributed by atoms with van der Waals surface area (Å²) < 4.78 is 0. The number of aliphatic imine (C=N–C) groups is 1. The van der Waals surface area contributed by atoms with E-state index in [9.17, 15) is 0 Å². The largest absolute Gasteiger partial charge is 0.365 e. The number of allylic oxidation sites excluding steroid dienone is 1. The fourth-order valence-corrected chi connectivity index (χ4v) is 3.65. The monoisotopic (exact) mass is 360 g/mol. The molecule has 0 saturated carbocycles. The van der Waals surface area contributed by atoms with E-state index in [-0.39, 0.29) is 11.0 Å². The highest BCUT2D eigenvalue weighted by Gasteiger charge is 2.28. The SMILES string of the molecule is CC1=CC(C)(C)N(C)c2cc(C)c(C=Nc3ccc(C(C)(C)C)cc3)cc21. The Morgan fingerprint density at radius 1 is 1.00 bits per heavy atom. The average Bonchev–Trinajstić information content (AvgIpc) is 2.57. The molecule has 0 saturated heterocycles. The van der Waals surface area contributed by atoms with Crippen molar-refractivity contribution in [3.63, 3.8) is 0 Å². The fourth-order valence-electron chi connectivity index (χ4n) is 3.65. The van der Waals surface area contributed by atoms with Gasteiger partial charge < -0.3 is 4.90 Å². The second-order valence-electron chi connectivity index (χ2n) is 9.32. The summed E-state index contributed by atoms with van der Waals surface area (Å²) in [7, 11) is 2.17. The van der Waals surface area contributed by atoms with Gasteiger partial charge in [0.2, 0.25) is 0 Å². The van der Waals surface area contributed by atoms with Crippen molar-refractivity contribution in [2.75, 3.05) is 11.9 Å². The van der Waals surface area contributed by atoms with Gasteiger partial charge in [-0.2, -0.15) is 0 Å². The molecule has 1 aliphatic rings. The van der Waals surface area contributed by atoms with Crippen LogP contribution >= 0.6 is 0 Å². The Morgan fingerprint density at radius 2 is 1.63 bits per heavy atom. The van der Waals surface area contributed by atoms with E-state index in [1.54, 1.807) is 0 Å². The summed E-state index contributed by atoms with van der Waals surface area (Å²) in [5.41, 5.74) is 8.88. The van der Waals surface area contributed by atoms with Crippen molar-refractivity contribution in [3.8, 4) is 0 Å². The Balaban J connectivity index is 1.93. The summed E-state index contributed by atoms with van der Waals surface area (Å²) in [5, 5.41) is 0. The molecule has 0 spiro atoms. The average molecular weight is 361 g/mol. The highest BCUT2D eigenvalue weighted by molar-refractivity contribution is 5.90. The van der Waals surface area contributed by atoms with E-state index >= 15 is 0 Å². The number of hydrogen-bond donors (Lipinski definition) is 0. The third kappa shape index (κ3) is 3.85. The fraction of sp³-hybridized carbons (Fsp3) is 0.400. The summed E-state index contributed by atoms with van der Waals surface area (Å²) >= 11 is 0. The number of fused-ring (bicyclic) bond motifs is 1. The molecular formula is C25H32N2. The minimum Gasteiger partial charge on any atom is -0.365 e. The first-order chi connectivity index (χ1) is 12.5. The van der Waals surface area contributed by atoms with Crippen LogP contribution < -0.4 is 4.90 Å². The molecular weight excluding hydrogens is 328 g/mol. The number of aryl methyl sites for hydroxylation is 1. The summed E-state index contributed by atoms with van der Waals surface area (Å²) in [6.45, 7) is 15.6. The van der Waals surface area contributed by atoms with Crippen LogP contribution in [0.15, 0.2) is 47.5 Å². The van der Waals surface area contributed by atoms with Gasteiger partial charge in [0.25, 0.3) is 0 Å². The molecule has 2 aromatic rings. The van der Waals surface area contributed by atoms with Gasteiger partial charge in [-0.3, -0.25) is 4.99 Å². The molecule has 0 fully saturated rings. The number of nitrogens with zero attached hydrogens (tertiary/aromatic N) is 2. The van der Waals surface area contributed by atoms with Crippen molar-refractivity contribution in [1.82, 2.24) is 0 Å². The van der Waals surface area contributed by atoms with E-state index in [1.165, 1.54) is 33.5 Å². The lowest BCUT2D eigenvalue weighted by Gasteiger charge is -2.41. The molecule has 0 unspecified atom stereocenters. The van der Waals surface area contributed by atoms with E-state index in [1.807, 2.05) is 6.21 Å². The highest BCUT2D eigenvalue weighted by Crippen LogP contribution is 2.39. The zero-order valence-corrected chi connectivity index (χ0v) is 18.0. The van der Waals surface area contributed by atoms with E-state index in [0.717, 1.165) is 5.69 Å². The first-order valence-electron chi connectivity index (χ1n) is 9.72. The second-order valence-corrected chi connectivity index (χ2v) is 9.32. The Bertz CT molecular complexity index is 907. The van der Waals surface area contributed by atoms with Crippen LogP contribution in [-0.2, 0) is 5.41 Å². The highest BCUT2D eigenvalue weighted by atomic mass is 15.2. The Kier molecular flexibility index (Phi) is 4.80. The van der Waals surface area contributed by atoms with Crippen LogP contribution in [0.2, 0.25) is 0 Å². The molecule has 0 bridgehead atoms. The van der Waals surface area contributed by atoms with E-state index < -0.39 is 0 Å². The van der Waals surface area contributed by atoms with Crippen molar-refractivity contribution >= 4 is 23.2 Å². The van der Waals surface area contributed by atoms with Gasteiger partial charge >= 0.3 is 0 Å². The van der Waals surface area contributed by atoms with Crippen LogP contribution in [0.25, 0.3) is 5.57 Å². The van der Waals surface area contributed by atoms with Gasteiger partial charge in [-0.25, -0.2) is 0 Å². The van der Waals surface area contributed by atoms with Gasteiger partial charge in [0.1, 0.15) is 0 Å². The minimum absolute atomic E-state index is 0.0356. The molecule has 2 nitrogen and oxygen atoms in total. The molecule has 0 N–H and O–H groups in total. The predicted octanol–water partition coefficient (Wildman–Crippen LogP) is 6.67. The summed E-state index contributed by atoms with van der Waals surface area (Å²) in [4.78, 5) is 7.08. The first kappa shape index (κ1) is 19.4. The summed E-state index contributed by atoms with van der Waals surface area (Å²) in [6.07, 6.45) is 4.34. The van der Waals surface area contributed by atoms with Gasteiger partial charge in [0, 0.05) is 24.5 Å². The van der Waals surface area contributed by atoms with Crippen molar-refractivity contribution < 1.29 is 0 Å². The van der Waals surface area contributed by atoms with Crippen molar-refractivity contribution in [2.24, 2.45) is 4.99 Å². The van der Waals surface area contributed by atoms with Gasteiger partial charge in [-0.15, -0.1) is 0 Å². The lowest BCUT2D eigenvalue weighted by Crippen LogP contribution is -2.42. The van der Waals surface area contributed by atoms with Gasteiger partial charge in [0.05, 0.1) is 11.2 Å². The predicted molar refractivity (Wildman–Crippen MR) is 120 cm³/mol. The molecule has 1 aliphatic heterocycles. The number of benzene rings is 2. The normalized spacial score (nSPS) is 16.4. The van der Waals surface area contributed by atoms with Crippen molar-refractivity contribution in [1.29, 1.82) is 0 Å². The van der Waals surface area contributed by atoms with Crippen molar-refractivity contribution in [3.05, 3.63) is 64.7 Å². The maximum atomic E-state index is 4.72. The molecule has 142 valence electrons. The Morgan fingerprint density at radius 3 is 2.22 bits per heavy atom. The number of likely N-dealkylation sites (N-methyl/N-ethyl adjacent to an activating group) is 1. The molecule has 0 aromatic heterocycles. The smallest absolute Gasteiger partial charge is 0.0630 e. The van der Waals surface area contributed by atoms with Crippen LogP contribution in [0.5, 0.6) is 0 Å². The van der Waals surface area contributed by atoms with Gasteiger partial charge in [0.15, 0.2) is 0 Å². The molecule has 0 radical (unpaired) electrons. The maximum absolute atomic E-state index is 4.72. The molecule has 0 atom stereocenters. The van der Waals surface area contributed by atoms with E-state index in [4.69, 9.17) is 4.99 Å². The van der Waals surface area contributed by atoms with Gasteiger partial charge in [-0.1, -0.05) is 39.0 Å². The molecule has 2 aromatic carbocycles. The standard InChI is InChI=1S/C25H32N2/c1-17-13-23-22(18(2)15-25(6,7)27(23)8)14-19(17)16-26-21-11-9-20(10-12-21)24(3,4)5/h9-16H,1-8H3. The molecule has 27 heavy (non-hydrogen) atoms. The lowest BCUT2D eigenvalue weighted by molar-refractivity contribution is 0.590. The third-order valence-corrected chi connectivity index (χ3v) is 5.69. The quantitative estimate of drug-likeness (QED) is 0.546. The summed E-state index contributed by atoms with van der Waals surface area (Å²) in [6, 6.07) is 13.1. The van der Waals surface area contributed by atoms with Crippen LogP contribution in [0.3, 0.4) is 0 Å². The molecule has 2 heteroatoms. The lowest BCUT2D eigenvalue weighted by atomic mass is 9.87. The Labute approximate surface area is 164 Å². The van der Waals surface area contributed by atoms with E-state index in [2.05, 4.69) is 103 Å². The third-order valence-electron chi connectivity index (χ3n) is 5.69. The van der Waals surface area contributed by atoms with E-state index in [0.29, 0.717) is 0 Å².